The molecule has 0 N–H and O–H groups in total. The maximum absolute atomic E-state index is 6.03. The number of rotatable bonds is 7. The fraction of sp³-hybridized carbons (Fsp3) is 0.333. The Kier molecular flexibility index (Phi) is 6.21. The molecule has 1 fully saturated rings. The first kappa shape index (κ1) is 18.9. The summed E-state index contributed by atoms with van der Waals surface area (Å²) in [6.07, 6.45) is 0. The van der Waals surface area contributed by atoms with Crippen molar-refractivity contribution in [3.8, 4) is 17.1 Å². The Labute approximate surface area is 169 Å². The molecule has 28 heavy (non-hydrogen) atoms. The number of para-hydroxylation sites is 1. The summed E-state index contributed by atoms with van der Waals surface area (Å²) in [5.74, 6) is 2.14. The predicted octanol–water partition coefficient (Wildman–Crippen LogP) is 3.59. The quantitative estimate of drug-likeness (QED) is 0.606. The molecule has 0 amide bonds. The van der Waals surface area contributed by atoms with Crippen LogP contribution in [0.2, 0.25) is 5.02 Å². The van der Waals surface area contributed by atoms with E-state index in [9.17, 15) is 0 Å². The molecule has 0 spiro atoms. The molecule has 1 aliphatic heterocycles. The Hall–Kier alpha value is -2.41. The molecular weight excluding hydrogens is 376 g/mol. The van der Waals surface area contributed by atoms with Gasteiger partial charge in [-0.15, -0.1) is 0 Å². The minimum atomic E-state index is 0.578. The number of aromatic nitrogens is 2. The second kappa shape index (κ2) is 9.19. The van der Waals surface area contributed by atoms with Crippen molar-refractivity contribution >= 4 is 11.6 Å². The van der Waals surface area contributed by atoms with Crippen molar-refractivity contribution in [1.82, 2.24) is 19.9 Å². The van der Waals surface area contributed by atoms with Gasteiger partial charge in [0.25, 0.3) is 0 Å². The van der Waals surface area contributed by atoms with Crippen molar-refractivity contribution in [2.24, 2.45) is 0 Å². The van der Waals surface area contributed by atoms with Crippen LogP contribution in [0.25, 0.3) is 11.4 Å². The van der Waals surface area contributed by atoms with Crippen LogP contribution in [-0.2, 0) is 6.54 Å². The van der Waals surface area contributed by atoms with E-state index in [-0.39, 0.29) is 0 Å². The summed E-state index contributed by atoms with van der Waals surface area (Å²) in [6.45, 7) is 6.27. The van der Waals surface area contributed by atoms with Gasteiger partial charge in [0.15, 0.2) is 0 Å². The number of hydrogen-bond acceptors (Lipinski definition) is 6. The second-order valence-electron chi connectivity index (χ2n) is 6.80. The van der Waals surface area contributed by atoms with Crippen molar-refractivity contribution in [2.75, 3.05) is 39.3 Å². The number of halogens is 1. The second-order valence-corrected chi connectivity index (χ2v) is 7.24. The van der Waals surface area contributed by atoms with Gasteiger partial charge in [0.1, 0.15) is 12.4 Å². The molecule has 0 saturated carbocycles. The fourth-order valence-corrected chi connectivity index (χ4v) is 3.43. The summed E-state index contributed by atoms with van der Waals surface area (Å²) in [6, 6.07) is 17.4. The van der Waals surface area contributed by atoms with Gasteiger partial charge >= 0.3 is 0 Å². The lowest BCUT2D eigenvalue weighted by Crippen LogP contribution is -2.47. The van der Waals surface area contributed by atoms with E-state index in [0.717, 1.165) is 44.0 Å². The van der Waals surface area contributed by atoms with Crippen molar-refractivity contribution in [3.05, 3.63) is 65.5 Å². The van der Waals surface area contributed by atoms with Crippen molar-refractivity contribution in [3.63, 3.8) is 0 Å². The molecule has 6 nitrogen and oxygen atoms in total. The van der Waals surface area contributed by atoms with Gasteiger partial charge in [0.05, 0.1) is 6.54 Å². The predicted molar refractivity (Wildman–Crippen MR) is 108 cm³/mol. The Morgan fingerprint density at radius 3 is 2.54 bits per heavy atom. The largest absolute Gasteiger partial charge is 0.492 e. The third-order valence-corrected chi connectivity index (χ3v) is 5.03. The minimum absolute atomic E-state index is 0.578. The number of piperazine rings is 1. The van der Waals surface area contributed by atoms with Crippen LogP contribution in [0.1, 0.15) is 5.89 Å². The molecule has 2 heterocycles. The van der Waals surface area contributed by atoms with Crippen LogP contribution in [0.5, 0.6) is 5.75 Å². The van der Waals surface area contributed by atoms with Gasteiger partial charge in [-0.25, -0.2) is 0 Å². The highest BCUT2D eigenvalue weighted by Crippen LogP contribution is 2.20. The van der Waals surface area contributed by atoms with E-state index in [0.29, 0.717) is 29.9 Å². The lowest BCUT2D eigenvalue weighted by molar-refractivity contribution is 0.104. The van der Waals surface area contributed by atoms with Crippen molar-refractivity contribution in [2.45, 2.75) is 6.54 Å². The van der Waals surface area contributed by atoms with Crippen molar-refractivity contribution in [1.29, 1.82) is 0 Å². The molecule has 1 aliphatic rings. The van der Waals surface area contributed by atoms with Crippen LogP contribution in [0.4, 0.5) is 0 Å². The molecule has 0 radical (unpaired) electrons. The lowest BCUT2D eigenvalue weighted by Gasteiger charge is -2.33. The molecule has 0 bridgehead atoms. The molecule has 2 aromatic carbocycles. The third-order valence-electron chi connectivity index (χ3n) is 4.79. The highest BCUT2D eigenvalue weighted by Gasteiger charge is 2.19. The molecule has 0 atom stereocenters. The summed E-state index contributed by atoms with van der Waals surface area (Å²) in [7, 11) is 0. The summed E-state index contributed by atoms with van der Waals surface area (Å²) in [4.78, 5) is 9.26. The molecule has 146 valence electrons. The Bertz CT molecular complexity index is 879. The number of hydrogen-bond donors (Lipinski definition) is 0. The molecule has 1 aromatic heterocycles. The minimum Gasteiger partial charge on any atom is -0.492 e. The SMILES string of the molecule is Clc1cccc(-c2noc(CN3CCN(CCOc4ccccc4)CC3)n2)c1. The normalized spacial score (nSPS) is 15.6. The van der Waals surface area contributed by atoms with E-state index in [1.165, 1.54) is 0 Å². The molecule has 1 saturated heterocycles. The van der Waals surface area contributed by atoms with E-state index in [1.54, 1.807) is 0 Å². The molecule has 7 heteroatoms. The molecule has 4 rings (SSSR count). The Morgan fingerprint density at radius 2 is 1.75 bits per heavy atom. The number of nitrogens with zero attached hydrogens (tertiary/aromatic N) is 4. The zero-order valence-corrected chi connectivity index (χ0v) is 16.4. The van der Waals surface area contributed by atoms with Crippen LogP contribution >= 0.6 is 11.6 Å². The van der Waals surface area contributed by atoms with Crippen LogP contribution in [0.3, 0.4) is 0 Å². The van der Waals surface area contributed by atoms with Crippen LogP contribution in [0.15, 0.2) is 59.1 Å². The van der Waals surface area contributed by atoms with Gasteiger partial charge in [-0.05, 0) is 24.3 Å². The maximum Gasteiger partial charge on any atom is 0.241 e. The van der Waals surface area contributed by atoms with Gasteiger partial charge in [-0.1, -0.05) is 47.1 Å². The maximum atomic E-state index is 6.03. The van der Waals surface area contributed by atoms with E-state index in [4.69, 9.17) is 20.9 Å². The first-order valence-corrected chi connectivity index (χ1v) is 9.85. The van der Waals surface area contributed by atoms with Gasteiger partial charge in [-0.3, -0.25) is 9.80 Å². The highest BCUT2D eigenvalue weighted by atomic mass is 35.5. The smallest absolute Gasteiger partial charge is 0.241 e. The highest BCUT2D eigenvalue weighted by molar-refractivity contribution is 6.30. The molecule has 0 unspecified atom stereocenters. The van der Waals surface area contributed by atoms with Crippen LogP contribution in [0, 0.1) is 0 Å². The zero-order valence-electron chi connectivity index (χ0n) is 15.6. The average molecular weight is 399 g/mol. The topological polar surface area (TPSA) is 54.6 Å². The summed E-state index contributed by atoms with van der Waals surface area (Å²) >= 11 is 6.03. The fourth-order valence-electron chi connectivity index (χ4n) is 3.24. The summed E-state index contributed by atoms with van der Waals surface area (Å²) in [5, 5.41) is 4.74. The standard InChI is InChI=1S/C21H23ClN4O2/c22-18-6-4-5-17(15-18)21-23-20(28-24-21)16-26-11-9-25(10-12-26)13-14-27-19-7-2-1-3-8-19/h1-8,15H,9-14,16H2. The third kappa shape index (κ3) is 5.10. The summed E-state index contributed by atoms with van der Waals surface area (Å²) < 4.78 is 11.2. The lowest BCUT2D eigenvalue weighted by atomic mass is 10.2. The monoisotopic (exact) mass is 398 g/mol. The Morgan fingerprint density at radius 1 is 0.964 bits per heavy atom. The zero-order chi connectivity index (χ0) is 19.2. The molecular formula is C21H23ClN4O2. The van der Waals surface area contributed by atoms with Gasteiger partial charge in [0, 0.05) is 43.3 Å². The van der Waals surface area contributed by atoms with Gasteiger partial charge in [0.2, 0.25) is 11.7 Å². The van der Waals surface area contributed by atoms with Crippen LogP contribution < -0.4 is 4.74 Å². The van der Waals surface area contributed by atoms with Crippen LogP contribution in [-0.4, -0.2) is 59.3 Å². The van der Waals surface area contributed by atoms with Gasteiger partial charge < -0.3 is 9.26 Å². The van der Waals surface area contributed by atoms with E-state index < -0.39 is 0 Å². The Balaban J connectivity index is 1.21. The van der Waals surface area contributed by atoms with Gasteiger partial charge in [-0.2, -0.15) is 4.98 Å². The van der Waals surface area contributed by atoms with E-state index in [1.807, 2.05) is 54.6 Å². The first-order chi connectivity index (χ1) is 13.8. The number of benzene rings is 2. The number of ether oxygens (including phenoxy) is 1. The molecule has 3 aromatic rings. The first-order valence-electron chi connectivity index (χ1n) is 9.47. The van der Waals surface area contributed by atoms with E-state index >= 15 is 0 Å². The average Bonchev–Trinajstić information content (AvgIpc) is 3.19. The van der Waals surface area contributed by atoms with E-state index in [2.05, 4.69) is 19.9 Å². The summed E-state index contributed by atoms with van der Waals surface area (Å²) in [5.41, 5.74) is 0.866. The molecule has 0 aliphatic carbocycles. The van der Waals surface area contributed by atoms with Crippen molar-refractivity contribution < 1.29 is 9.26 Å².